The molecule has 0 aliphatic carbocycles. The summed E-state index contributed by atoms with van der Waals surface area (Å²) in [6.07, 6.45) is 2.48. The summed E-state index contributed by atoms with van der Waals surface area (Å²) in [5.74, 6) is -1.06. The Kier molecular flexibility index (Phi) is 9.14. The molecule has 1 fully saturated rings. The van der Waals surface area contributed by atoms with Crippen molar-refractivity contribution in [3.05, 3.63) is 42.2 Å². The molecule has 2 aliphatic rings. The van der Waals surface area contributed by atoms with E-state index in [0.29, 0.717) is 6.54 Å². The van der Waals surface area contributed by atoms with Crippen molar-refractivity contribution < 1.29 is 32.2 Å². The first-order chi connectivity index (χ1) is 15.4. The second kappa shape index (κ2) is 11.8. The Morgan fingerprint density at radius 3 is 2.69 bits per heavy atom. The first-order valence-electron chi connectivity index (χ1n) is 10.7. The number of nitrogens with zero attached hydrogens (tertiary/aromatic N) is 1. The summed E-state index contributed by atoms with van der Waals surface area (Å²) in [5.41, 5.74) is 0. The van der Waals surface area contributed by atoms with Gasteiger partial charge < -0.3 is 19.9 Å². The molecule has 11 heteroatoms. The number of hydrogen-bond donors (Lipinski definition) is 3. The smallest absolute Gasteiger partial charge is 0.244 e. The van der Waals surface area contributed by atoms with Gasteiger partial charge in [0.25, 0.3) is 0 Å². The SMILES string of the molecule is O=C(C[C@H]1C=C[C@H](NS(=O)(=O)c2ccccc2F)[C@H](CO)O1)NCCCN1CCOCC1. The molecule has 1 aromatic rings. The molecule has 3 rings (SSSR count). The number of hydrogen-bond acceptors (Lipinski definition) is 7. The number of carbonyl (C=O) groups excluding carboxylic acids is 1. The summed E-state index contributed by atoms with van der Waals surface area (Å²) in [7, 11) is -4.16. The topological polar surface area (TPSA) is 117 Å². The lowest BCUT2D eigenvalue weighted by atomic mass is 10.1. The fourth-order valence-corrected chi connectivity index (χ4v) is 4.92. The van der Waals surface area contributed by atoms with Gasteiger partial charge in [0, 0.05) is 19.6 Å². The highest BCUT2D eigenvalue weighted by Gasteiger charge is 2.32. The Morgan fingerprint density at radius 1 is 1.22 bits per heavy atom. The van der Waals surface area contributed by atoms with Crippen molar-refractivity contribution in [1.29, 1.82) is 0 Å². The summed E-state index contributed by atoms with van der Waals surface area (Å²) in [6.45, 7) is 4.24. The molecule has 1 aromatic carbocycles. The molecular formula is C21H30FN3O6S. The quantitative estimate of drug-likeness (QED) is 0.325. The lowest BCUT2D eigenvalue weighted by Gasteiger charge is -2.31. The van der Waals surface area contributed by atoms with Crippen LogP contribution in [0.25, 0.3) is 0 Å². The van der Waals surface area contributed by atoms with E-state index < -0.39 is 45.6 Å². The zero-order chi connectivity index (χ0) is 23.0. The van der Waals surface area contributed by atoms with Crippen LogP contribution in [0, 0.1) is 5.82 Å². The second-order valence-electron chi connectivity index (χ2n) is 7.72. The van der Waals surface area contributed by atoms with E-state index in [1.165, 1.54) is 18.2 Å². The van der Waals surface area contributed by atoms with Crippen LogP contribution in [-0.4, -0.2) is 88.6 Å². The van der Waals surface area contributed by atoms with E-state index in [1.54, 1.807) is 6.08 Å². The molecule has 1 saturated heterocycles. The van der Waals surface area contributed by atoms with Gasteiger partial charge >= 0.3 is 0 Å². The Labute approximate surface area is 187 Å². The summed E-state index contributed by atoms with van der Waals surface area (Å²) >= 11 is 0. The number of aliphatic hydroxyl groups is 1. The van der Waals surface area contributed by atoms with E-state index in [4.69, 9.17) is 9.47 Å². The molecule has 3 N–H and O–H groups in total. The largest absolute Gasteiger partial charge is 0.394 e. The van der Waals surface area contributed by atoms with E-state index in [0.717, 1.165) is 51.4 Å². The van der Waals surface area contributed by atoms with Crippen LogP contribution in [-0.2, 0) is 24.3 Å². The number of amides is 1. The van der Waals surface area contributed by atoms with Crippen molar-refractivity contribution in [1.82, 2.24) is 14.9 Å². The van der Waals surface area contributed by atoms with E-state index in [-0.39, 0.29) is 12.3 Å². The van der Waals surface area contributed by atoms with E-state index in [2.05, 4.69) is 14.9 Å². The minimum absolute atomic E-state index is 0.0529. The van der Waals surface area contributed by atoms with E-state index >= 15 is 0 Å². The summed E-state index contributed by atoms with van der Waals surface area (Å²) in [6, 6.07) is 4.14. The minimum atomic E-state index is -4.16. The maximum Gasteiger partial charge on any atom is 0.244 e. The summed E-state index contributed by atoms with van der Waals surface area (Å²) in [4.78, 5) is 14.0. The van der Waals surface area contributed by atoms with Crippen molar-refractivity contribution >= 4 is 15.9 Å². The maximum absolute atomic E-state index is 13.9. The molecule has 0 saturated carbocycles. The van der Waals surface area contributed by atoms with Gasteiger partial charge in [-0.2, -0.15) is 0 Å². The van der Waals surface area contributed by atoms with Crippen LogP contribution in [0.3, 0.4) is 0 Å². The van der Waals surface area contributed by atoms with Gasteiger partial charge in [-0.15, -0.1) is 0 Å². The third-order valence-electron chi connectivity index (χ3n) is 5.34. The highest BCUT2D eigenvalue weighted by Crippen LogP contribution is 2.19. The normalized spacial score (nSPS) is 24.4. The lowest BCUT2D eigenvalue weighted by Crippen LogP contribution is -2.49. The number of sulfonamides is 1. The Morgan fingerprint density at radius 2 is 1.97 bits per heavy atom. The van der Waals surface area contributed by atoms with E-state index in [1.807, 2.05) is 0 Å². The van der Waals surface area contributed by atoms with Crippen LogP contribution >= 0.6 is 0 Å². The Bertz CT molecular complexity index is 891. The number of carbonyl (C=O) groups is 1. The van der Waals surface area contributed by atoms with E-state index in [9.17, 15) is 22.7 Å². The fourth-order valence-electron chi connectivity index (χ4n) is 3.63. The summed E-state index contributed by atoms with van der Waals surface area (Å²) in [5, 5.41) is 12.5. The molecule has 1 amide bonds. The van der Waals surface area contributed by atoms with Crippen LogP contribution < -0.4 is 10.0 Å². The van der Waals surface area contributed by atoms with Gasteiger partial charge in [-0.25, -0.2) is 17.5 Å². The van der Waals surface area contributed by atoms with Gasteiger partial charge in [0.1, 0.15) is 16.8 Å². The summed E-state index contributed by atoms with van der Waals surface area (Å²) < 4.78 is 52.2. The predicted molar refractivity (Wildman–Crippen MR) is 115 cm³/mol. The Balaban J connectivity index is 1.47. The molecule has 0 aromatic heterocycles. The van der Waals surface area contributed by atoms with Gasteiger partial charge in [-0.1, -0.05) is 24.3 Å². The monoisotopic (exact) mass is 471 g/mol. The number of rotatable bonds is 10. The van der Waals surface area contributed by atoms with Gasteiger partial charge in [-0.05, 0) is 25.1 Å². The van der Waals surface area contributed by atoms with Gasteiger partial charge in [0.2, 0.25) is 15.9 Å². The van der Waals surface area contributed by atoms with Crippen LogP contribution in [0.1, 0.15) is 12.8 Å². The zero-order valence-corrected chi connectivity index (χ0v) is 18.6. The highest BCUT2D eigenvalue weighted by atomic mass is 32.2. The zero-order valence-electron chi connectivity index (χ0n) is 17.8. The molecule has 0 bridgehead atoms. The Hall–Kier alpha value is -1.89. The fraction of sp³-hybridized carbons (Fsp3) is 0.571. The average Bonchev–Trinajstić information content (AvgIpc) is 2.78. The third kappa shape index (κ3) is 7.06. The van der Waals surface area contributed by atoms with Crippen molar-refractivity contribution in [2.24, 2.45) is 0 Å². The number of ether oxygens (including phenoxy) is 2. The number of nitrogens with one attached hydrogen (secondary N) is 2. The van der Waals surface area contributed by atoms with Crippen LogP contribution in [0.2, 0.25) is 0 Å². The molecule has 178 valence electrons. The van der Waals surface area contributed by atoms with Gasteiger partial charge in [0.15, 0.2) is 0 Å². The molecular weight excluding hydrogens is 441 g/mol. The van der Waals surface area contributed by atoms with Crippen molar-refractivity contribution in [3.8, 4) is 0 Å². The average molecular weight is 472 g/mol. The first kappa shape index (κ1) is 24.7. The number of morpholine rings is 1. The third-order valence-corrected chi connectivity index (χ3v) is 6.84. The van der Waals surface area contributed by atoms with Gasteiger partial charge in [-0.3, -0.25) is 9.69 Å². The molecule has 3 atom stereocenters. The van der Waals surface area contributed by atoms with Crippen LogP contribution in [0.4, 0.5) is 4.39 Å². The molecule has 2 heterocycles. The molecule has 32 heavy (non-hydrogen) atoms. The number of halogens is 1. The van der Waals surface area contributed by atoms with Gasteiger partial charge in [0.05, 0.1) is 38.4 Å². The van der Waals surface area contributed by atoms with Crippen molar-refractivity contribution in [2.45, 2.75) is 36.0 Å². The van der Waals surface area contributed by atoms with Crippen molar-refractivity contribution in [3.63, 3.8) is 0 Å². The van der Waals surface area contributed by atoms with Crippen LogP contribution in [0.15, 0.2) is 41.3 Å². The van der Waals surface area contributed by atoms with Crippen molar-refractivity contribution in [2.75, 3.05) is 46.0 Å². The molecule has 0 unspecified atom stereocenters. The number of benzene rings is 1. The molecule has 2 aliphatic heterocycles. The first-order valence-corrected chi connectivity index (χ1v) is 12.2. The second-order valence-corrected chi connectivity index (χ2v) is 9.40. The standard InChI is InChI=1S/C21H30FN3O6S/c22-17-4-1-2-5-20(17)32(28,29)24-18-7-6-16(31-19(18)15-26)14-21(27)23-8-3-9-25-10-12-30-13-11-25/h1-2,4-7,16,18-19,24,26H,3,8-15H2,(H,23,27)/t16-,18+,19+/m1/s1. The number of aliphatic hydroxyl groups excluding tert-OH is 1. The molecule has 9 nitrogen and oxygen atoms in total. The predicted octanol–water partition coefficient (Wildman–Crippen LogP) is 0.0171. The molecule has 0 radical (unpaired) electrons. The minimum Gasteiger partial charge on any atom is -0.394 e. The lowest BCUT2D eigenvalue weighted by molar-refractivity contribution is -0.125. The molecule has 0 spiro atoms. The maximum atomic E-state index is 13.9. The highest BCUT2D eigenvalue weighted by molar-refractivity contribution is 7.89. The van der Waals surface area contributed by atoms with Crippen LogP contribution in [0.5, 0.6) is 0 Å².